The van der Waals surface area contributed by atoms with E-state index in [1.54, 1.807) is 18.2 Å². The number of nitrogens with one attached hydrogen (secondary N) is 1. The Hall–Kier alpha value is -2.04. The summed E-state index contributed by atoms with van der Waals surface area (Å²) in [7, 11) is 0. The Bertz CT molecular complexity index is 507. The zero-order chi connectivity index (χ0) is 15.2. The van der Waals surface area contributed by atoms with Crippen molar-refractivity contribution in [1.82, 2.24) is 5.32 Å². The third-order valence-corrected chi connectivity index (χ3v) is 3.82. The summed E-state index contributed by atoms with van der Waals surface area (Å²) in [6.07, 6.45) is 2.68. The highest BCUT2D eigenvalue weighted by Gasteiger charge is 2.26. The second kappa shape index (κ2) is 7.11. The van der Waals surface area contributed by atoms with Crippen LogP contribution in [-0.4, -0.2) is 29.6 Å². The molecule has 2 N–H and O–H groups in total. The molecule has 1 fully saturated rings. The molecule has 114 valence electrons. The first-order valence-corrected chi connectivity index (χ1v) is 7.36. The number of hydrogen-bond donors (Lipinski definition) is 2. The molecule has 0 saturated heterocycles. The van der Waals surface area contributed by atoms with Crippen molar-refractivity contribution >= 4 is 11.9 Å². The first-order valence-electron chi connectivity index (χ1n) is 7.36. The van der Waals surface area contributed by atoms with Gasteiger partial charge in [-0.2, -0.15) is 0 Å². The van der Waals surface area contributed by atoms with Gasteiger partial charge >= 0.3 is 5.97 Å². The topological polar surface area (TPSA) is 75.6 Å². The third-order valence-electron chi connectivity index (χ3n) is 3.82. The summed E-state index contributed by atoms with van der Waals surface area (Å²) in [4.78, 5) is 23.1. The summed E-state index contributed by atoms with van der Waals surface area (Å²) in [5.41, 5.74) is 0.571. The monoisotopic (exact) mass is 291 g/mol. The normalized spacial score (nSPS) is 21.6. The van der Waals surface area contributed by atoms with Crippen LogP contribution in [0.15, 0.2) is 24.3 Å². The van der Waals surface area contributed by atoms with Crippen molar-refractivity contribution in [2.75, 3.05) is 6.61 Å². The molecule has 0 heterocycles. The fourth-order valence-electron chi connectivity index (χ4n) is 2.65. The summed E-state index contributed by atoms with van der Waals surface area (Å²) >= 11 is 0. The van der Waals surface area contributed by atoms with Crippen molar-refractivity contribution in [3.63, 3.8) is 0 Å². The van der Waals surface area contributed by atoms with Gasteiger partial charge in [-0.3, -0.25) is 9.59 Å². The van der Waals surface area contributed by atoms with Gasteiger partial charge in [0.2, 0.25) is 0 Å². The molecule has 0 atom stereocenters. The lowest BCUT2D eigenvalue weighted by molar-refractivity contribution is -0.142. The van der Waals surface area contributed by atoms with Gasteiger partial charge in [0.15, 0.2) is 0 Å². The molecule has 0 bridgehead atoms. The van der Waals surface area contributed by atoms with Gasteiger partial charge in [-0.15, -0.1) is 0 Å². The number of carbonyl (C=O) groups excluding carboxylic acids is 1. The minimum absolute atomic E-state index is 0.0591. The van der Waals surface area contributed by atoms with Crippen molar-refractivity contribution in [3.8, 4) is 5.75 Å². The molecule has 1 aromatic carbocycles. The van der Waals surface area contributed by atoms with E-state index in [9.17, 15) is 9.59 Å². The molecule has 21 heavy (non-hydrogen) atoms. The Morgan fingerprint density at radius 2 is 2.00 bits per heavy atom. The predicted octanol–water partition coefficient (Wildman–Crippen LogP) is 2.46. The van der Waals surface area contributed by atoms with Crippen molar-refractivity contribution in [3.05, 3.63) is 29.8 Å². The predicted molar refractivity (Wildman–Crippen MR) is 78.5 cm³/mol. The van der Waals surface area contributed by atoms with Crippen LogP contribution in [0.5, 0.6) is 5.75 Å². The summed E-state index contributed by atoms with van der Waals surface area (Å²) in [5.74, 6) is -0.446. The first kappa shape index (κ1) is 15.4. The van der Waals surface area contributed by atoms with E-state index in [1.807, 2.05) is 13.0 Å². The van der Waals surface area contributed by atoms with Crippen molar-refractivity contribution in [2.45, 2.75) is 38.6 Å². The van der Waals surface area contributed by atoms with Crippen LogP contribution in [0.1, 0.15) is 43.0 Å². The third kappa shape index (κ3) is 4.21. The molecule has 1 aromatic rings. The summed E-state index contributed by atoms with van der Waals surface area (Å²) < 4.78 is 5.38. The standard InChI is InChI=1S/C16H21NO4/c1-2-21-14-5-3-4-12(10-14)15(18)17-13-8-6-11(7-9-13)16(19)20/h3-5,10-11,13H,2,6-9H2,1H3,(H,17,18)(H,19,20). The van der Waals surface area contributed by atoms with Crippen molar-refractivity contribution in [1.29, 1.82) is 0 Å². The lowest BCUT2D eigenvalue weighted by Crippen LogP contribution is -2.38. The van der Waals surface area contributed by atoms with Crippen LogP contribution in [0.4, 0.5) is 0 Å². The Labute approximate surface area is 124 Å². The highest BCUT2D eigenvalue weighted by Crippen LogP contribution is 2.24. The molecular weight excluding hydrogens is 270 g/mol. The Kier molecular flexibility index (Phi) is 5.20. The Morgan fingerprint density at radius 3 is 2.62 bits per heavy atom. The maximum atomic E-state index is 12.2. The van der Waals surface area contributed by atoms with E-state index in [2.05, 4.69) is 5.32 Å². The first-order chi connectivity index (χ1) is 10.1. The second-order valence-electron chi connectivity index (χ2n) is 5.32. The fourth-order valence-corrected chi connectivity index (χ4v) is 2.65. The van der Waals surface area contributed by atoms with E-state index in [4.69, 9.17) is 9.84 Å². The van der Waals surface area contributed by atoms with Crippen LogP contribution in [0.2, 0.25) is 0 Å². The maximum Gasteiger partial charge on any atom is 0.306 e. The van der Waals surface area contributed by atoms with E-state index >= 15 is 0 Å². The van der Waals surface area contributed by atoms with Crippen molar-refractivity contribution in [2.24, 2.45) is 5.92 Å². The number of rotatable bonds is 5. The molecule has 0 aromatic heterocycles. The molecule has 0 radical (unpaired) electrons. The largest absolute Gasteiger partial charge is 0.494 e. The molecule has 1 aliphatic rings. The Balaban J connectivity index is 1.90. The molecule has 1 saturated carbocycles. The van der Waals surface area contributed by atoms with Gasteiger partial charge in [-0.05, 0) is 50.8 Å². The van der Waals surface area contributed by atoms with E-state index in [0.29, 0.717) is 43.6 Å². The highest BCUT2D eigenvalue weighted by molar-refractivity contribution is 5.94. The van der Waals surface area contributed by atoms with Crippen LogP contribution < -0.4 is 10.1 Å². The van der Waals surface area contributed by atoms with Gasteiger partial charge in [-0.25, -0.2) is 0 Å². The summed E-state index contributed by atoms with van der Waals surface area (Å²) in [6.45, 7) is 2.46. The Morgan fingerprint density at radius 1 is 1.29 bits per heavy atom. The molecule has 1 amide bonds. The van der Waals surface area contributed by atoms with Crippen LogP contribution in [0, 0.1) is 5.92 Å². The number of hydrogen-bond acceptors (Lipinski definition) is 3. The van der Waals surface area contributed by atoms with Crippen molar-refractivity contribution < 1.29 is 19.4 Å². The molecule has 5 heteroatoms. The quantitative estimate of drug-likeness (QED) is 0.873. The fraction of sp³-hybridized carbons (Fsp3) is 0.500. The van der Waals surface area contributed by atoms with Gasteiger partial charge in [0.1, 0.15) is 5.75 Å². The lowest BCUT2D eigenvalue weighted by atomic mass is 9.86. The van der Waals surface area contributed by atoms with Crippen LogP contribution >= 0.6 is 0 Å². The van der Waals surface area contributed by atoms with E-state index in [-0.39, 0.29) is 17.9 Å². The number of carbonyl (C=O) groups is 2. The number of amides is 1. The average Bonchev–Trinajstić information content (AvgIpc) is 2.48. The van der Waals surface area contributed by atoms with E-state index < -0.39 is 5.97 Å². The molecule has 0 unspecified atom stereocenters. The zero-order valence-electron chi connectivity index (χ0n) is 12.2. The van der Waals surface area contributed by atoms with Gasteiger partial charge in [0.25, 0.3) is 5.91 Å². The van der Waals surface area contributed by atoms with Gasteiger partial charge in [0.05, 0.1) is 12.5 Å². The molecule has 2 rings (SSSR count). The molecule has 0 aliphatic heterocycles. The molecule has 5 nitrogen and oxygen atoms in total. The maximum absolute atomic E-state index is 12.2. The molecular formula is C16H21NO4. The van der Waals surface area contributed by atoms with Crippen LogP contribution in [-0.2, 0) is 4.79 Å². The smallest absolute Gasteiger partial charge is 0.306 e. The zero-order valence-corrected chi connectivity index (χ0v) is 12.2. The van der Waals surface area contributed by atoms with Gasteiger partial charge in [-0.1, -0.05) is 6.07 Å². The van der Waals surface area contributed by atoms with Gasteiger partial charge in [0, 0.05) is 11.6 Å². The van der Waals surface area contributed by atoms with E-state index in [0.717, 1.165) is 0 Å². The van der Waals surface area contributed by atoms with E-state index in [1.165, 1.54) is 0 Å². The lowest BCUT2D eigenvalue weighted by Gasteiger charge is -2.26. The SMILES string of the molecule is CCOc1cccc(C(=O)NC2CCC(C(=O)O)CC2)c1. The summed E-state index contributed by atoms with van der Waals surface area (Å²) in [5, 5.41) is 11.9. The van der Waals surface area contributed by atoms with Crippen LogP contribution in [0.25, 0.3) is 0 Å². The van der Waals surface area contributed by atoms with Gasteiger partial charge < -0.3 is 15.2 Å². The average molecular weight is 291 g/mol. The second-order valence-corrected chi connectivity index (χ2v) is 5.32. The number of aliphatic carboxylic acids is 1. The summed E-state index contributed by atoms with van der Waals surface area (Å²) in [6, 6.07) is 7.14. The number of carboxylic acids is 1. The minimum atomic E-state index is -0.732. The molecule has 0 spiro atoms. The van der Waals surface area contributed by atoms with Crippen LogP contribution in [0.3, 0.4) is 0 Å². The number of benzene rings is 1. The number of ether oxygens (including phenoxy) is 1. The number of carboxylic acid groups (broad SMARTS) is 1. The highest BCUT2D eigenvalue weighted by atomic mass is 16.5. The minimum Gasteiger partial charge on any atom is -0.494 e. The molecule has 1 aliphatic carbocycles.